The molecule has 1 aromatic heterocycles. The van der Waals surface area contributed by atoms with Gasteiger partial charge in [0.05, 0.1) is 16.8 Å². The molecule has 4 rings (SSSR count). The predicted octanol–water partition coefficient (Wildman–Crippen LogP) is 3.35. The Morgan fingerprint density at radius 1 is 1.24 bits per heavy atom. The number of nitrogens with zero attached hydrogens (tertiary/aromatic N) is 1. The van der Waals surface area contributed by atoms with Crippen LogP contribution in [-0.4, -0.2) is 28.4 Å². The van der Waals surface area contributed by atoms with Gasteiger partial charge in [0.1, 0.15) is 0 Å². The van der Waals surface area contributed by atoms with Crippen molar-refractivity contribution in [2.24, 2.45) is 0 Å². The molecule has 0 radical (unpaired) electrons. The minimum absolute atomic E-state index is 0.0684. The molecule has 0 unspecified atom stereocenters. The van der Waals surface area contributed by atoms with Crippen LogP contribution < -0.4 is 14.8 Å². The topological polar surface area (TPSA) is 76.2 Å². The molecule has 6 nitrogen and oxygen atoms in total. The van der Waals surface area contributed by atoms with Crippen LogP contribution in [0.4, 0.5) is 0 Å². The van der Waals surface area contributed by atoms with E-state index < -0.39 is 0 Å². The zero-order valence-corrected chi connectivity index (χ0v) is 14.6. The van der Waals surface area contributed by atoms with Crippen molar-refractivity contribution in [1.82, 2.24) is 15.3 Å². The van der Waals surface area contributed by atoms with Crippen molar-refractivity contribution in [3.8, 4) is 11.5 Å². The first-order chi connectivity index (χ1) is 12.2. The maximum absolute atomic E-state index is 12.0. The molecule has 0 fully saturated rings. The van der Waals surface area contributed by atoms with Gasteiger partial charge in [0.25, 0.3) is 0 Å². The van der Waals surface area contributed by atoms with Crippen molar-refractivity contribution in [1.29, 1.82) is 0 Å². The normalized spacial score (nSPS) is 12.5. The fourth-order valence-electron chi connectivity index (χ4n) is 2.46. The number of benzene rings is 2. The summed E-state index contributed by atoms with van der Waals surface area (Å²) in [4.78, 5) is 19.6. The van der Waals surface area contributed by atoms with Gasteiger partial charge in [0.2, 0.25) is 12.7 Å². The highest BCUT2D eigenvalue weighted by Crippen LogP contribution is 2.32. The van der Waals surface area contributed by atoms with Gasteiger partial charge in [0, 0.05) is 11.6 Å². The average molecular weight is 376 g/mol. The van der Waals surface area contributed by atoms with Gasteiger partial charge in [-0.2, -0.15) is 0 Å². The van der Waals surface area contributed by atoms with Crippen LogP contribution in [0, 0.1) is 0 Å². The minimum Gasteiger partial charge on any atom is -0.454 e. The lowest BCUT2D eigenvalue weighted by atomic mass is 10.2. The number of thioether (sulfide) groups is 1. The number of halogens is 1. The number of amides is 1. The monoisotopic (exact) mass is 375 g/mol. The Hall–Kier alpha value is -2.38. The molecule has 2 aromatic carbocycles. The van der Waals surface area contributed by atoms with Crippen LogP contribution in [-0.2, 0) is 11.3 Å². The number of fused-ring (bicyclic) bond motifs is 2. The molecule has 0 atom stereocenters. The van der Waals surface area contributed by atoms with Crippen LogP contribution in [0.1, 0.15) is 5.56 Å². The maximum atomic E-state index is 12.0. The minimum atomic E-state index is -0.0684. The summed E-state index contributed by atoms with van der Waals surface area (Å²) in [5.41, 5.74) is 2.64. The van der Waals surface area contributed by atoms with Crippen molar-refractivity contribution >= 4 is 40.3 Å². The molecular weight excluding hydrogens is 362 g/mol. The molecule has 0 aliphatic carbocycles. The van der Waals surface area contributed by atoms with Gasteiger partial charge in [-0.3, -0.25) is 4.79 Å². The number of carbonyl (C=O) groups is 1. The zero-order valence-electron chi connectivity index (χ0n) is 13.0. The standard InChI is InChI=1S/C17H14ClN3O3S/c18-11-2-3-12-13(6-11)21-17(20-12)25-8-16(22)19-7-10-1-4-14-15(5-10)24-9-23-14/h1-6H,7-9H2,(H,19,22)(H,20,21). The van der Waals surface area contributed by atoms with Gasteiger partial charge in [-0.1, -0.05) is 29.4 Å². The SMILES string of the molecule is O=C(CSc1nc2ccc(Cl)cc2[nH]1)NCc1ccc2c(c1)OCO2. The highest BCUT2D eigenvalue weighted by molar-refractivity contribution is 7.99. The number of aromatic amines is 1. The third kappa shape index (κ3) is 3.67. The zero-order chi connectivity index (χ0) is 17.2. The fourth-order valence-corrected chi connectivity index (χ4v) is 3.35. The van der Waals surface area contributed by atoms with Gasteiger partial charge in [0.15, 0.2) is 16.7 Å². The molecule has 3 aromatic rings. The maximum Gasteiger partial charge on any atom is 0.231 e. The summed E-state index contributed by atoms with van der Waals surface area (Å²) in [6.45, 7) is 0.677. The Balaban J connectivity index is 1.31. The molecule has 2 heterocycles. The quantitative estimate of drug-likeness (QED) is 0.669. The summed E-state index contributed by atoms with van der Waals surface area (Å²) in [6.07, 6.45) is 0. The van der Waals surface area contributed by atoms with E-state index in [1.807, 2.05) is 30.3 Å². The summed E-state index contributed by atoms with van der Waals surface area (Å²) in [5.74, 6) is 1.65. The van der Waals surface area contributed by atoms with Crippen molar-refractivity contribution in [2.75, 3.05) is 12.5 Å². The third-order valence-corrected chi connectivity index (χ3v) is 4.80. The molecule has 8 heteroatoms. The number of carbonyl (C=O) groups excluding carboxylic acids is 1. The Bertz CT molecular complexity index is 944. The summed E-state index contributed by atoms with van der Waals surface area (Å²) in [7, 11) is 0. The number of hydrogen-bond donors (Lipinski definition) is 2. The fraction of sp³-hybridized carbons (Fsp3) is 0.176. The molecule has 1 amide bonds. The van der Waals surface area contributed by atoms with E-state index in [0.717, 1.165) is 22.3 Å². The number of hydrogen-bond acceptors (Lipinski definition) is 5. The number of aromatic nitrogens is 2. The first-order valence-corrected chi connectivity index (χ1v) is 8.97. The lowest BCUT2D eigenvalue weighted by Gasteiger charge is -2.05. The van der Waals surface area contributed by atoms with Gasteiger partial charge < -0.3 is 19.8 Å². The Morgan fingerprint density at radius 2 is 2.12 bits per heavy atom. The molecule has 1 aliphatic rings. The Labute approximate surface area is 152 Å². The summed E-state index contributed by atoms with van der Waals surface area (Å²) in [6, 6.07) is 11.1. The molecule has 2 N–H and O–H groups in total. The van der Waals surface area contributed by atoms with E-state index in [1.54, 1.807) is 6.07 Å². The van der Waals surface area contributed by atoms with E-state index in [9.17, 15) is 4.79 Å². The van der Waals surface area contributed by atoms with E-state index in [4.69, 9.17) is 21.1 Å². The lowest BCUT2D eigenvalue weighted by Crippen LogP contribution is -2.24. The van der Waals surface area contributed by atoms with Crippen molar-refractivity contribution in [3.63, 3.8) is 0 Å². The average Bonchev–Trinajstić information content (AvgIpc) is 3.23. The molecule has 128 valence electrons. The van der Waals surface area contributed by atoms with E-state index in [2.05, 4.69) is 15.3 Å². The van der Waals surface area contributed by atoms with Crippen LogP contribution in [0.25, 0.3) is 11.0 Å². The first-order valence-electron chi connectivity index (χ1n) is 7.61. The van der Waals surface area contributed by atoms with E-state index in [0.29, 0.717) is 22.5 Å². The number of rotatable bonds is 5. The van der Waals surface area contributed by atoms with E-state index in [-0.39, 0.29) is 18.5 Å². The van der Waals surface area contributed by atoms with Gasteiger partial charge in [-0.05, 0) is 35.9 Å². The molecule has 0 saturated heterocycles. The van der Waals surface area contributed by atoms with Gasteiger partial charge in [-0.15, -0.1) is 0 Å². The number of ether oxygens (including phenoxy) is 2. The number of H-pyrrole nitrogens is 1. The smallest absolute Gasteiger partial charge is 0.231 e. The highest BCUT2D eigenvalue weighted by Gasteiger charge is 2.13. The molecule has 0 saturated carbocycles. The summed E-state index contributed by atoms with van der Waals surface area (Å²) >= 11 is 7.30. The molecule has 25 heavy (non-hydrogen) atoms. The van der Waals surface area contributed by atoms with Crippen LogP contribution in [0.3, 0.4) is 0 Å². The Kier molecular flexibility index (Phi) is 4.42. The summed E-state index contributed by atoms with van der Waals surface area (Å²) < 4.78 is 10.6. The molecular formula is C17H14ClN3O3S. The van der Waals surface area contributed by atoms with Crippen LogP contribution >= 0.6 is 23.4 Å². The second kappa shape index (κ2) is 6.85. The van der Waals surface area contributed by atoms with Crippen molar-refractivity contribution in [2.45, 2.75) is 11.7 Å². The predicted molar refractivity (Wildman–Crippen MR) is 96.2 cm³/mol. The van der Waals surface area contributed by atoms with Crippen LogP contribution in [0.15, 0.2) is 41.6 Å². The highest BCUT2D eigenvalue weighted by atomic mass is 35.5. The van der Waals surface area contributed by atoms with Crippen molar-refractivity contribution in [3.05, 3.63) is 47.0 Å². The second-order valence-corrected chi connectivity index (χ2v) is 6.86. The first kappa shape index (κ1) is 16.1. The molecule has 0 bridgehead atoms. The van der Waals surface area contributed by atoms with Crippen molar-refractivity contribution < 1.29 is 14.3 Å². The summed E-state index contributed by atoms with van der Waals surface area (Å²) in [5, 5.41) is 4.22. The third-order valence-electron chi connectivity index (χ3n) is 3.69. The van der Waals surface area contributed by atoms with Gasteiger partial charge in [-0.25, -0.2) is 4.98 Å². The number of nitrogens with one attached hydrogen (secondary N) is 2. The second-order valence-electron chi connectivity index (χ2n) is 5.46. The Morgan fingerprint density at radius 3 is 3.04 bits per heavy atom. The molecule has 1 aliphatic heterocycles. The number of imidazole rings is 1. The van der Waals surface area contributed by atoms with Crippen LogP contribution in [0.2, 0.25) is 5.02 Å². The van der Waals surface area contributed by atoms with Gasteiger partial charge >= 0.3 is 0 Å². The molecule has 0 spiro atoms. The van der Waals surface area contributed by atoms with E-state index >= 15 is 0 Å². The largest absolute Gasteiger partial charge is 0.454 e. The lowest BCUT2D eigenvalue weighted by molar-refractivity contribution is -0.118. The van der Waals surface area contributed by atoms with Crippen LogP contribution in [0.5, 0.6) is 11.5 Å². The van der Waals surface area contributed by atoms with E-state index in [1.165, 1.54) is 11.8 Å².